The number of fused-ring (bicyclic) bond motifs is 2. The number of carbonyl (C=O) groups excluding carboxylic acids is 1. The largest absolute Gasteiger partial charge is 0.389 e. The fourth-order valence-electron chi connectivity index (χ4n) is 5.05. The molecular formula is C23H26F2N2O2. The van der Waals surface area contributed by atoms with Crippen molar-refractivity contribution in [3.8, 4) is 0 Å². The fourth-order valence-corrected chi connectivity index (χ4v) is 5.05. The third kappa shape index (κ3) is 3.15. The van der Waals surface area contributed by atoms with E-state index >= 15 is 4.39 Å². The Hall–Kier alpha value is -2.31. The van der Waals surface area contributed by atoms with Crippen LogP contribution in [-0.4, -0.2) is 30.7 Å². The van der Waals surface area contributed by atoms with E-state index in [0.29, 0.717) is 18.5 Å². The topological polar surface area (TPSA) is 52.6 Å². The van der Waals surface area contributed by atoms with E-state index in [2.05, 4.69) is 5.32 Å². The molecule has 2 N–H and O–H groups in total. The quantitative estimate of drug-likeness (QED) is 0.802. The van der Waals surface area contributed by atoms with E-state index < -0.39 is 29.2 Å². The van der Waals surface area contributed by atoms with Crippen LogP contribution in [-0.2, 0) is 10.2 Å². The molecule has 154 valence electrons. The molecule has 1 amide bonds. The summed E-state index contributed by atoms with van der Waals surface area (Å²) >= 11 is 0. The number of amides is 1. The molecule has 6 heteroatoms. The molecule has 1 heterocycles. The second-order valence-corrected chi connectivity index (χ2v) is 8.05. The lowest BCUT2D eigenvalue weighted by molar-refractivity contribution is -0.125. The van der Waals surface area contributed by atoms with Gasteiger partial charge in [0, 0.05) is 12.1 Å². The fraction of sp³-hybridized carbons (Fsp3) is 0.435. The van der Waals surface area contributed by atoms with Gasteiger partial charge in [0.2, 0.25) is 5.91 Å². The minimum absolute atomic E-state index is 0.166. The molecule has 1 aliphatic carbocycles. The van der Waals surface area contributed by atoms with Gasteiger partial charge < -0.3 is 15.3 Å². The van der Waals surface area contributed by atoms with Crippen molar-refractivity contribution in [2.24, 2.45) is 0 Å². The number of likely N-dealkylation sites (N-methyl/N-ethyl adjacent to an activating group) is 1. The van der Waals surface area contributed by atoms with E-state index in [0.717, 1.165) is 30.9 Å². The van der Waals surface area contributed by atoms with E-state index in [-0.39, 0.29) is 18.0 Å². The summed E-state index contributed by atoms with van der Waals surface area (Å²) in [6, 6.07) is 11.1. The number of carbonyl (C=O) groups is 1. The Kier molecular flexibility index (Phi) is 5.40. The van der Waals surface area contributed by atoms with Crippen molar-refractivity contribution < 1.29 is 18.7 Å². The van der Waals surface area contributed by atoms with Gasteiger partial charge in [-0.05, 0) is 37.6 Å². The molecular weight excluding hydrogens is 374 g/mol. The molecule has 2 aromatic carbocycles. The molecule has 0 bridgehead atoms. The predicted octanol–water partition coefficient (Wildman–Crippen LogP) is 3.83. The van der Waals surface area contributed by atoms with E-state index in [4.69, 9.17) is 0 Å². The highest BCUT2D eigenvalue weighted by Gasteiger charge is 2.55. The molecule has 0 saturated heterocycles. The molecule has 1 saturated carbocycles. The summed E-state index contributed by atoms with van der Waals surface area (Å²) < 4.78 is 29.3. The third-order valence-corrected chi connectivity index (χ3v) is 6.34. The van der Waals surface area contributed by atoms with Gasteiger partial charge in [-0.15, -0.1) is 0 Å². The van der Waals surface area contributed by atoms with Crippen LogP contribution < -0.4 is 10.2 Å². The normalized spacial score (nSPS) is 20.0. The van der Waals surface area contributed by atoms with Crippen LogP contribution in [0.1, 0.15) is 49.3 Å². The Bertz CT molecular complexity index is 897. The van der Waals surface area contributed by atoms with Gasteiger partial charge in [0.05, 0.1) is 23.2 Å². The Morgan fingerprint density at radius 2 is 1.79 bits per heavy atom. The molecule has 1 aliphatic heterocycles. The van der Waals surface area contributed by atoms with Gasteiger partial charge in [0.1, 0.15) is 0 Å². The highest BCUT2D eigenvalue weighted by Crippen LogP contribution is 2.54. The van der Waals surface area contributed by atoms with E-state index in [1.807, 2.05) is 30.3 Å². The first-order valence-corrected chi connectivity index (χ1v) is 10.2. The second kappa shape index (κ2) is 7.84. The first kappa shape index (κ1) is 20.0. The summed E-state index contributed by atoms with van der Waals surface area (Å²) in [4.78, 5) is 15.3. The number of halogens is 2. The van der Waals surface area contributed by atoms with Crippen LogP contribution >= 0.6 is 0 Å². The summed E-state index contributed by atoms with van der Waals surface area (Å²) in [5.41, 5.74) is 0.248. The highest BCUT2D eigenvalue weighted by molar-refractivity contribution is 6.09. The molecule has 1 fully saturated rings. The van der Waals surface area contributed by atoms with Crippen LogP contribution in [0.2, 0.25) is 0 Å². The molecule has 0 radical (unpaired) electrons. The van der Waals surface area contributed by atoms with Crippen molar-refractivity contribution in [3.05, 3.63) is 65.2 Å². The maximum atomic E-state index is 15.1. The lowest BCUT2D eigenvalue weighted by Gasteiger charge is -2.36. The number of nitrogens with zero attached hydrogens (tertiary/aromatic N) is 1. The summed E-state index contributed by atoms with van der Waals surface area (Å²) in [6.07, 6.45) is 2.66. The van der Waals surface area contributed by atoms with Gasteiger partial charge >= 0.3 is 0 Å². The molecule has 2 aromatic rings. The number of hydrogen-bond acceptors (Lipinski definition) is 3. The van der Waals surface area contributed by atoms with Crippen LogP contribution in [0.25, 0.3) is 0 Å². The number of nitrogens with one attached hydrogen (secondary N) is 1. The number of aliphatic hydroxyl groups is 1. The van der Waals surface area contributed by atoms with Crippen molar-refractivity contribution in [2.45, 2.75) is 49.7 Å². The average molecular weight is 400 g/mol. The zero-order chi connectivity index (χ0) is 20.6. The van der Waals surface area contributed by atoms with Crippen LogP contribution in [0, 0.1) is 11.6 Å². The van der Waals surface area contributed by atoms with Crippen molar-refractivity contribution in [1.29, 1.82) is 0 Å². The molecule has 0 aromatic heterocycles. The summed E-state index contributed by atoms with van der Waals surface area (Å²) in [5, 5.41) is 13.9. The van der Waals surface area contributed by atoms with Crippen molar-refractivity contribution in [3.63, 3.8) is 0 Å². The number of anilines is 1. The third-order valence-electron chi connectivity index (χ3n) is 6.34. The maximum absolute atomic E-state index is 15.1. The molecule has 4 nitrogen and oxygen atoms in total. The zero-order valence-electron chi connectivity index (χ0n) is 16.5. The molecule has 2 atom stereocenters. The minimum atomic E-state index is -1.05. The maximum Gasteiger partial charge on any atom is 0.238 e. The number of rotatable bonds is 5. The van der Waals surface area contributed by atoms with Gasteiger partial charge in [-0.1, -0.05) is 49.6 Å². The Labute approximate surface area is 169 Å². The number of aliphatic hydroxyl groups excluding tert-OH is 1. The van der Waals surface area contributed by atoms with Gasteiger partial charge in [0.15, 0.2) is 11.6 Å². The van der Waals surface area contributed by atoms with Gasteiger partial charge in [-0.2, -0.15) is 0 Å². The standard InChI is InChI=1S/C23H26F2N2O2/c1-26-14-18(28)21(15-8-4-2-5-9-15)27-17-11-10-16(24)20(25)19(17)23(22(27)29)12-6-3-7-13-23/h2,4-5,8-11,18,21,26,28H,3,6-7,12-14H2,1H3. The molecule has 2 unspecified atom stereocenters. The Morgan fingerprint density at radius 1 is 1.10 bits per heavy atom. The van der Waals surface area contributed by atoms with Crippen LogP contribution in [0.15, 0.2) is 42.5 Å². The van der Waals surface area contributed by atoms with Crippen molar-refractivity contribution in [1.82, 2.24) is 5.32 Å². The molecule has 1 spiro atoms. The van der Waals surface area contributed by atoms with Gasteiger partial charge in [-0.25, -0.2) is 8.78 Å². The van der Waals surface area contributed by atoms with Gasteiger partial charge in [-0.3, -0.25) is 4.79 Å². The highest BCUT2D eigenvalue weighted by atomic mass is 19.2. The number of hydrogen-bond donors (Lipinski definition) is 2. The zero-order valence-corrected chi connectivity index (χ0v) is 16.5. The SMILES string of the molecule is CNCC(O)C(c1ccccc1)N1C(=O)C2(CCCCC2)c2c1ccc(F)c2F. The predicted molar refractivity (Wildman–Crippen MR) is 108 cm³/mol. The molecule has 4 rings (SSSR count). The van der Waals surface area contributed by atoms with Crippen LogP contribution in [0.4, 0.5) is 14.5 Å². The average Bonchev–Trinajstić information content (AvgIpc) is 2.96. The molecule has 2 aliphatic rings. The van der Waals surface area contributed by atoms with Crippen molar-refractivity contribution in [2.75, 3.05) is 18.5 Å². The monoisotopic (exact) mass is 400 g/mol. The van der Waals surface area contributed by atoms with E-state index in [1.54, 1.807) is 7.05 Å². The van der Waals surface area contributed by atoms with Crippen molar-refractivity contribution >= 4 is 11.6 Å². The van der Waals surface area contributed by atoms with Crippen LogP contribution in [0.5, 0.6) is 0 Å². The first-order chi connectivity index (χ1) is 14.0. The minimum Gasteiger partial charge on any atom is -0.389 e. The van der Waals surface area contributed by atoms with E-state index in [9.17, 15) is 14.3 Å². The summed E-state index contributed by atoms with van der Waals surface area (Å²) in [5.74, 6) is -2.11. The Balaban J connectivity index is 1.91. The molecule has 29 heavy (non-hydrogen) atoms. The second-order valence-electron chi connectivity index (χ2n) is 8.05. The Morgan fingerprint density at radius 3 is 2.45 bits per heavy atom. The lowest BCUT2D eigenvalue weighted by atomic mass is 9.70. The lowest BCUT2D eigenvalue weighted by Crippen LogP contribution is -2.47. The smallest absolute Gasteiger partial charge is 0.238 e. The summed E-state index contributed by atoms with van der Waals surface area (Å²) in [6.45, 7) is 0.259. The van der Waals surface area contributed by atoms with Crippen LogP contribution in [0.3, 0.4) is 0 Å². The summed E-state index contributed by atoms with van der Waals surface area (Å²) in [7, 11) is 1.72. The van der Waals surface area contributed by atoms with Gasteiger partial charge in [0.25, 0.3) is 0 Å². The first-order valence-electron chi connectivity index (χ1n) is 10.2. The van der Waals surface area contributed by atoms with E-state index in [1.165, 1.54) is 11.0 Å². The number of benzene rings is 2.